The van der Waals surface area contributed by atoms with Gasteiger partial charge in [-0.25, -0.2) is 0 Å². The maximum absolute atomic E-state index is 13.3. The van der Waals surface area contributed by atoms with Crippen LogP contribution in [0.2, 0.25) is 0 Å². The third kappa shape index (κ3) is 8.93. The molecule has 3 atom stereocenters. The van der Waals surface area contributed by atoms with Crippen LogP contribution < -0.4 is 10.6 Å². The number of benzene rings is 3. The Morgan fingerprint density at radius 1 is 0.848 bits per heavy atom. The molecule has 1 heterocycles. The number of carbonyl (C=O) groups excluding carboxylic acids is 4. The molecule has 3 aromatic rings. The van der Waals surface area contributed by atoms with Crippen molar-refractivity contribution in [3.8, 4) is 11.1 Å². The van der Waals surface area contributed by atoms with Crippen LogP contribution >= 0.6 is 0 Å². The number of unbranched alkanes of at least 4 members (excludes halogenated alkanes) is 2. The van der Waals surface area contributed by atoms with Gasteiger partial charge >= 0.3 is 5.97 Å². The summed E-state index contributed by atoms with van der Waals surface area (Å²) in [6.45, 7) is 2.68. The van der Waals surface area contributed by atoms with E-state index in [1.54, 1.807) is 0 Å². The maximum Gasteiger partial charge on any atom is 0.306 e. The number of hydrogen-bond acceptors (Lipinski definition) is 5. The number of ketones is 1. The van der Waals surface area contributed by atoms with E-state index in [0.717, 1.165) is 42.4 Å². The van der Waals surface area contributed by atoms with Crippen LogP contribution in [0.15, 0.2) is 78.9 Å². The standard InChI is InChI=1S/C39H46N2O5/c1-27-29(24-37(43)41-27)15-6-3-7-16-31(42)17-12-22-40-39(45)30(23-28-13-4-2-5-14-28)25-38(44)46-26-36-34-20-10-8-18-32(34)33-19-9-11-21-35(33)36/h2,4-5,8-11,13-14,18-21,27,29-30,36H,3,6-7,12,15-17,22-26H2,1H3,(H,40,45)(H,41,43)/t27-,29-,30-/m1/s1. The number of nitrogens with one attached hydrogen (secondary N) is 2. The van der Waals surface area contributed by atoms with Crippen LogP contribution in [0.1, 0.15) is 87.3 Å². The molecular formula is C39H46N2O5. The van der Waals surface area contributed by atoms with Crippen LogP contribution in [0.25, 0.3) is 11.1 Å². The second-order valence-electron chi connectivity index (χ2n) is 12.9. The zero-order valence-electron chi connectivity index (χ0n) is 26.8. The molecule has 1 aliphatic carbocycles. The minimum atomic E-state index is -0.568. The highest BCUT2D eigenvalue weighted by Gasteiger charge is 2.30. The monoisotopic (exact) mass is 622 g/mol. The minimum absolute atomic E-state index is 0.0144. The first-order valence-electron chi connectivity index (χ1n) is 16.9. The van der Waals surface area contributed by atoms with Crippen LogP contribution in [-0.4, -0.2) is 42.8 Å². The molecule has 242 valence electrons. The molecule has 5 rings (SSSR count). The second kappa shape index (κ2) is 16.3. The molecule has 0 aromatic heterocycles. The second-order valence-corrected chi connectivity index (χ2v) is 12.9. The van der Waals surface area contributed by atoms with Gasteiger partial charge in [0, 0.05) is 37.8 Å². The Kier molecular flexibility index (Phi) is 11.8. The highest BCUT2D eigenvalue weighted by molar-refractivity contribution is 5.84. The van der Waals surface area contributed by atoms with Gasteiger partial charge in [0.25, 0.3) is 0 Å². The van der Waals surface area contributed by atoms with Crippen molar-refractivity contribution in [2.24, 2.45) is 11.8 Å². The summed E-state index contributed by atoms with van der Waals surface area (Å²) in [5, 5.41) is 5.94. The van der Waals surface area contributed by atoms with Crippen molar-refractivity contribution in [3.05, 3.63) is 95.6 Å². The summed E-state index contributed by atoms with van der Waals surface area (Å²) >= 11 is 0. The van der Waals surface area contributed by atoms with Gasteiger partial charge in [0.2, 0.25) is 11.8 Å². The zero-order chi connectivity index (χ0) is 32.3. The number of hydrogen-bond donors (Lipinski definition) is 2. The number of esters is 1. The van der Waals surface area contributed by atoms with Crippen molar-refractivity contribution in [1.29, 1.82) is 0 Å². The molecule has 0 bridgehead atoms. The molecular weight excluding hydrogens is 576 g/mol. The molecule has 7 heteroatoms. The predicted molar refractivity (Wildman–Crippen MR) is 179 cm³/mol. The molecule has 0 unspecified atom stereocenters. The Morgan fingerprint density at radius 3 is 2.17 bits per heavy atom. The number of rotatable bonds is 17. The van der Waals surface area contributed by atoms with E-state index >= 15 is 0 Å². The van der Waals surface area contributed by atoms with Crippen molar-refractivity contribution in [2.45, 2.75) is 83.1 Å². The van der Waals surface area contributed by atoms with E-state index in [1.807, 2.05) is 54.6 Å². The largest absolute Gasteiger partial charge is 0.465 e. The fraction of sp³-hybridized carbons (Fsp3) is 0.436. The van der Waals surface area contributed by atoms with Gasteiger partial charge in [0.15, 0.2) is 0 Å². The first kappa shape index (κ1) is 33.1. The smallest absolute Gasteiger partial charge is 0.306 e. The Morgan fingerprint density at radius 2 is 1.50 bits per heavy atom. The van der Waals surface area contributed by atoms with Gasteiger partial charge in [-0.1, -0.05) is 91.7 Å². The highest BCUT2D eigenvalue weighted by atomic mass is 16.5. The lowest BCUT2D eigenvalue weighted by atomic mass is 9.94. The van der Waals surface area contributed by atoms with Gasteiger partial charge in [-0.2, -0.15) is 0 Å². The zero-order valence-corrected chi connectivity index (χ0v) is 26.8. The number of amides is 2. The molecule has 0 saturated carbocycles. The van der Waals surface area contributed by atoms with Gasteiger partial charge in [-0.05, 0) is 66.3 Å². The van der Waals surface area contributed by atoms with Crippen molar-refractivity contribution in [1.82, 2.24) is 10.6 Å². The third-order valence-electron chi connectivity index (χ3n) is 9.49. The SMILES string of the molecule is C[C@H]1NC(=O)C[C@H]1CCCCCC(=O)CCCNC(=O)[C@@H](CC(=O)OCC1c2ccccc2-c2ccccc21)Cc1ccccc1. The Balaban J connectivity index is 1.05. The van der Waals surface area contributed by atoms with Gasteiger partial charge in [-0.15, -0.1) is 0 Å². The Labute approximate surface area is 272 Å². The Bertz CT molecular complexity index is 1460. The molecule has 2 amide bonds. The molecule has 3 aromatic carbocycles. The fourth-order valence-corrected chi connectivity index (χ4v) is 6.90. The molecule has 0 spiro atoms. The van der Waals surface area contributed by atoms with E-state index in [2.05, 4.69) is 41.8 Å². The van der Waals surface area contributed by atoms with E-state index in [1.165, 1.54) is 11.1 Å². The quantitative estimate of drug-likeness (QED) is 0.132. The summed E-state index contributed by atoms with van der Waals surface area (Å²) in [6, 6.07) is 26.4. The number of Topliss-reactive ketones (excluding diaryl/α,β-unsaturated/α-hetero) is 1. The lowest BCUT2D eigenvalue weighted by Crippen LogP contribution is -2.34. The number of ether oxygens (including phenoxy) is 1. The van der Waals surface area contributed by atoms with E-state index < -0.39 is 11.9 Å². The van der Waals surface area contributed by atoms with Crippen molar-refractivity contribution >= 4 is 23.6 Å². The summed E-state index contributed by atoms with van der Waals surface area (Å²) in [5.74, 6) is -0.432. The van der Waals surface area contributed by atoms with Crippen molar-refractivity contribution in [3.63, 3.8) is 0 Å². The first-order valence-corrected chi connectivity index (χ1v) is 16.9. The summed E-state index contributed by atoms with van der Waals surface area (Å²) in [6.07, 6.45) is 6.45. The number of carbonyl (C=O) groups is 4. The lowest BCUT2D eigenvalue weighted by molar-refractivity contribution is -0.147. The molecule has 1 fully saturated rings. The highest BCUT2D eigenvalue weighted by Crippen LogP contribution is 2.44. The molecule has 1 aliphatic heterocycles. The van der Waals surface area contributed by atoms with Crippen LogP contribution in [0, 0.1) is 11.8 Å². The summed E-state index contributed by atoms with van der Waals surface area (Å²) in [5.41, 5.74) is 5.63. The van der Waals surface area contributed by atoms with E-state index in [-0.39, 0.29) is 42.6 Å². The predicted octanol–water partition coefficient (Wildman–Crippen LogP) is 6.53. The van der Waals surface area contributed by atoms with Gasteiger partial charge < -0.3 is 15.4 Å². The first-order chi connectivity index (χ1) is 22.4. The van der Waals surface area contributed by atoms with Gasteiger partial charge in [0.1, 0.15) is 12.4 Å². The third-order valence-corrected chi connectivity index (χ3v) is 9.49. The van der Waals surface area contributed by atoms with E-state index in [4.69, 9.17) is 4.74 Å². The topological polar surface area (TPSA) is 102 Å². The van der Waals surface area contributed by atoms with Crippen molar-refractivity contribution in [2.75, 3.05) is 13.2 Å². The average molecular weight is 623 g/mol. The molecule has 46 heavy (non-hydrogen) atoms. The van der Waals surface area contributed by atoms with E-state index in [9.17, 15) is 19.2 Å². The van der Waals surface area contributed by atoms with Crippen LogP contribution in [-0.2, 0) is 30.3 Å². The minimum Gasteiger partial charge on any atom is -0.465 e. The molecule has 1 saturated heterocycles. The Hall–Kier alpha value is -4.26. The summed E-state index contributed by atoms with van der Waals surface area (Å²) in [4.78, 5) is 50.4. The van der Waals surface area contributed by atoms with Gasteiger partial charge in [0.05, 0.1) is 12.3 Å². The number of fused-ring (bicyclic) bond motifs is 3. The normalized spacial score (nSPS) is 17.5. The van der Waals surface area contributed by atoms with Crippen LogP contribution in [0.3, 0.4) is 0 Å². The van der Waals surface area contributed by atoms with Crippen molar-refractivity contribution < 1.29 is 23.9 Å². The van der Waals surface area contributed by atoms with Crippen LogP contribution in [0.4, 0.5) is 0 Å². The average Bonchev–Trinajstić information content (AvgIpc) is 3.56. The summed E-state index contributed by atoms with van der Waals surface area (Å²) < 4.78 is 5.83. The van der Waals surface area contributed by atoms with Crippen LogP contribution in [0.5, 0.6) is 0 Å². The molecule has 7 nitrogen and oxygen atoms in total. The molecule has 0 radical (unpaired) electrons. The van der Waals surface area contributed by atoms with E-state index in [0.29, 0.717) is 44.6 Å². The summed E-state index contributed by atoms with van der Waals surface area (Å²) in [7, 11) is 0. The lowest BCUT2D eigenvalue weighted by Gasteiger charge is -2.18. The molecule has 2 N–H and O–H groups in total. The maximum atomic E-state index is 13.3. The van der Waals surface area contributed by atoms with Gasteiger partial charge in [-0.3, -0.25) is 19.2 Å². The molecule has 2 aliphatic rings. The fourth-order valence-electron chi connectivity index (χ4n) is 6.90.